The van der Waals surface area contributed by atoms with E-state index in [0.29, 0.717) is 55.2 Å². The standard InChI is InChI=1S/C27H35N3O7/c1-16(31)30-20-9-7-17-13-23(35-3)26(36-4)27(37-5)25(17)18-8-10-21(22(32)14-19(18)20)29-15-24(33)28-11-6-12-34-2/h8,10,13-14,20H,6-7,9,11-12,15H2,1-5H3,(H,28,33)(H,29,32)(H,30,31)/t20-/m1/s1. The van der Waals surface area contributed by atoms with Crippen molar-refractivity contribution in [3.8, 4) is 28.4 Å². The zero-order valence-corrected chi connectivity index (χ0v) is 22.0. The Morgan fingerprint density at radius 1 is 1.03 bits per heavy atom. The highest BCUT2D eigenvalue weighted by Gasteiger charge is 2.29. The lowest BCUT2D eigenvalue weighted by Crippen LogP contribution is -2.31. The Hall–Kier alpha value is -3.79. The van der Waals surface area contributed by atoms with Crippen molar-refractivity contribution < 1.29 is 28.5 Å². The number of rotatable bonds is 11. The molecule has 2 aromatic carbocycles. The number of hydrogen-bond donors (Lipinski definition) is 3. The van der Waals surface area contributed by atoms with Gasteiger partial charge in [0, 0.05) is 32.7 Å². The quantitative estimate of drug-likeness (QED) is 0.392. The Morgan fingerprint density at radius 2 is 1.78 bits per heavy atom. The molecule has 1 aliphatic rings. The third kappa shape index (κ3) is 6.51. The third-order valence-electron chi connectivity index (χ3n) is 6.20. The maximum absolute atomic E-state index is 13.2. The van der Waals surface area contributed by atoms with Crippen molar-refractivity contribution in [3.05, 3.63) is 45.6 Å². The Kier molecular flexibility index (Phi) is 9.73. The Bertz CT molecular complexity index is 1200. The van der Waals surface area contributed by atoms with E-state index in [0.717, 1.165) is 16.7 Å². The number of anilines is 1. The van der Waals surface area contributed by atoms with E-state index in [9.17, 15) is 14.4 Å². The summed E-state index contributed by atoms with van der Waals surface area (Å²) in [6.07, 6.45) is 1.87. The molecule has 37 heavy (non-hydrogen) atoms. The molecule has 0 aromatic heterocycles. The Labute approximate surface area is 216 Å². The largest absolute Gasteiger partial charge is 0.493 e. The fourth-order valence-corrected chi connectivity index (χ4v) is 4.54. The normalized spacial score (nSPS) is 13.9. The summed E-state index contributed by atoms with van der Waals surface area (Å²) in [5.41, 5.74) is 3.04. The maximum atomic E-state index is 13.2. The van der Waals surface area contributed by atoms with Crippen molar-refractivity contribution in [2.45, 2.75) is 32.2 Å². The smallest absolute Gasteiger partial charge is 0.239 e. The van der Waals surface area contributed by atoms with Crippen molar-refractivity contribution >= 4 is 17.5 Å². The van der Waals surface area contributed by atoms with Crippen LogP contribution in [-0.2, 0) is 20.7 Å². The highest BCUT2D eigenvalue weighted by atomic mass is 16.5. The molecule has 0 bridgehead atoms. The number of ether oxygens (including phenoxy) is 4. The number of nitrogens with one attached hydrogen (secondary N) is 3. The summed E-state index contributed by atoms with van der Waals surface area (Å²) in [6, 6.07) is 6.46. The van der Waals surface area contributed by atoms with Crippen LogP contribution in [0.25, 0.3) is 11.1 Å². The molecule has 10 nitrogen and oxygen atoms in total. The fraction of sp³-hybridized carbons (Fsp3) is 0.444. The lowest BCUT2D eigenvalue weighted by Gasteiger charge is -2.19. The van der Waals surface area contributed by atoms with Gasteiger partial charge in [-0.25, -0.2) is 0 Å². The molecule has 0 saturated heterocycles. The molecule has 0 saturated carbocycles. The summed E-state index contributed by atoms with van der Waals surface area (Å²) in [7, 11) is 6.25. The number of carbonyl (C=O) groups is 2. The van der Waals surface area contributed by atoms with Gasteiger partial charge in [0.1, 0.15) is 0 Å². The first-order valence-electron chi connectivity index (χ1n) is 12.1. The van der Waals surface area contributed by atoms with Gasteiger partial charge in [0.15, 0.2) is 11.5 Å². The van der Waals surface area contributed by atoms with Gasteiger partial charge < -0.3 is 34.9 Å². The molecule has 0 spiro atoms. The van der Waals surface area contributed by atoms with Crippen molar-refractivity contribution in [3.63, 3.8) is 0 Å². The van der Waals surface area contributed by atoms with Crippen LogP contribution in [0.3, 0.4) is 0 Å². The molecule has 0 radical (unpaired) electrons. The van der Waals surface area contributed by atoms with Crippen LogP contribution in [0.1, 0.15) is 36.9 Å². The first kappa shape index (κ1) is 27.8. The summed E-state index contributed by atoms with van der Waals surface area (Å²) in [6.45, 7) is 2.42. The van der Waals surface area contributed by atoms with Crippen molar-refractivity contribution in [2.75, 3.05) is 53.5 Å². The first-order chi connectivity index (χ1) is 17.8. The van der Waals surface area contributed by atoms with Gasteiger partial charge in [-0.2, -0.15) is 0 Å². The molecule has 2 aromatic rings. The first-order valence-corrected chi connectivity index (χ1v) is 12.1. The second kappa shape index (κ2) is 13.0. The van der Waals surface area contributed by atoms with Crippen LogP contribution in [0, 0.1) is 0 Å². The number of benzene rings is 1. The topological polar surface area (TPSA) is 124 Å². The molecule has 3 N–H and O–H groups in total. The summed E-state index contributed by atoms with van der Waals surface area (Å²) in [4.78, 5) is 37.5. The predicted molar refractivity (Wildman–Crippen MR) is 141 cm³/mol. The highest BCUT2D eigenvalue weighted by molar-refractivity contribution is 5.84. The molecule has 0 unspecified atom stereocenters. The summed E-state index contributed by atoms with van der Waals surface area (Å²) in [5, 5.41) is 8.70. The minimum atomic E-state index is -0.404. The lowest BCUT2D eigenvalue weighted by molar-refractivity contribution is -0.120. The van der Waals surface area contributed by atoms with Crippen molar-refractivity contribution in [2.24, 2.45) is 0 Å². The van der Waals surface area contributed by atoms with E-state index in [4.69, 9.17) is 18.9 Å². The minimum Gasteiger partial charge on any atom is -0.493 e. The molecule has 2 amide bonds. The summed E-state index contributed by atoms with van der Waals surface area (Å²) in [5.74, 6) is 1.01. The minimum absolute atomic E-state index is 0.0586. The molecule has 1 atom stereocenters. The molecule has 0 fully saturated rings. The van der Waals surface area contributed by atoms with Crippen molar-refractivity contribution in [1.82, 2.24) is 10.6 Å². The summed E-state index contributed by atoms with van der Waals surface area (Å²) >= 11 is 0. The van der Waals surface area contributed by atoms with E-state index in [1.807, 2.05) is 12.1 Å². The molecule has 3 rings (SSSR count). The molecule has 1 aliphatic carbocycles. The second-order valence-corrected chi connectivity index (χ2v) is 8.65. The molecule has 0 aliphatic heterocycles. The fourth-order valence-electron chi connectivity index (χ4n) is 4.54. The van der Waals surface area contributed by atoms with Crippen LogP contribution < -0.4 is 35.6 Å². The van der Waals surface area contributed by atoms with Crippen LogP contribution in [-0.4, -0.2) is 59.9 Å². The highest BCUT2D eigenvalue weighted by Crippen LogP contribution is 2.50. The van der Waals surface area contributed by atoms with E-state index in [1.165, 1.54) is 20.1 Å². The molecule has 200 valence electrons. The van der Waals surface area contributed by atoms with Gasteiger partial charge in [0.2, 0.25) is 23.0 Å². The summed E-state index contributed by atoms with van der Waals surface area (Å²) < 4.78 is 21.9. The Balaban J connectivity index is 2.09. The average molecular weight is 514 g/mol. The van der Waals surface area contributed by atoms with Gasteiger partial charge in [0.25, 0.3) is 0 Å². The van der Waals surface area contributed by atoms with Crippen LogP contribution in [0.5, 0.6) is 17.2 Å². The number of carbonyl (C=O) groups excluding carboxylic acids is 2. The van der Waals surface area contributed by atoms with Crippen LogP contribution in [0.4, 0.5) is 5.69 Å². The zero-order valence-electron chi connectivity index (χ0n) is 22.0. The van der Waals surface area contributed by atoms with Crippen LogP contribution in [0.2, 0.25) is 0 Å². The monoisotopic (exact) mass is 513 g/mol. The van der Waals surface area contributed by atoms with Crippen LogP contribution >= 0.6 is 0 Å². The number of aryl methyl sites for hydroxylation is 1. The van der Waals surface area contributed by atoms with Gasteiger partial charge in [-0.05, 0) is 54.2 Å². The molecular weight excluding hydrogens is 478 g/mol. The number of methoxy groups -OCH3 is 4. The SMILES string of the molecule is COCCCNC(=O)CNc1ccc2c(cc1=O)[C@H](NC(C)=O)CCc1cc(OC)c(OC)c(OC)c1-2. The van der Waals surface area contributed by atoms with Gasteiger partial charge in [-0.3, -0.25) is 14.4 Å². The number of hydrogen-bond acceptors (Lipinski definition) is 8. The van der Waals surface area contributed by atoms with Crippen molar-refractivity contribution in [1.29, 1.82) is 0 Å². The molecule has 0 heterocycles. The van der Waals surface area contributed by atoms with Gasteiger partial charge >= 0.3 is 0 Å². The lowest BCUT2D eigenvalue weighted by atomic mass is 9.95. The van der Waals surface area contributed by atoms with E-state index >= 15 is 0 Å². The van der Waals surface area contributed by atoms with Gasteiger partial charge in [-0.1, -0.05) is 6.07 Å². The van der Waals surface area contributed by atoms with E-state index in [2.05, 4.69) is 16.0 Å². The third-order valence-corrected chi connectivity index (χ3v) is 6.20. The number of amides is 2. The van der Waals surface area contributed by atoms with E-state index in [1.54, 1.807) is 27.4 Å². The van der Waals surface area contributed by atoms with Gasteiger partial charge in [0.05, 0.1) is 39.6 Å². The second-order valence-electron chi connectivity index (χ2n) is 8.65. The van der Waals surface area contributed by atoms with E-state index in [-0.39, 0.29) is 29.5 Å². The maximum Gasteiger partial charge on any atom is 0.239 e. The van der Waals surface area contributed by atoms with Gasteiger partial charge in [-0.15, -0.1) is 0 Å². The Morgan fingerprint density at radius 3 is 2.43 bits per heavy atom. The molecular formula is C27H35N3O7. The number of fused-ring (bicyclic) bond motifs is 3. The van der Waals surface area contributed by atoms with E-state index < -0.39 is 6.04 Å². The average Bonchev–Trinajstić information content (AvgIpc) is 3.12. The predicted octanol–water partition coefficient (Wildman–Crippen LogP) is 2.43. The molecule has 10 heteroatoms. The van der Waals surface area contributed by atoms with Crippen LogP contribution in [0.15, 0.2) is 29.1 Å². The zero-order chi connectivity index (χ0) is 26.9.